The minimum Gasteiger partial charge on any atom is -0.268 e. The maximum Gasteiger partial charge on any atom is 0.266 e. The average Bonchev–Trinajstić information content (AvgIpc) is 2.95. The Morgan fingerprint density at radius 2 is 1.85 bits per heavy atom. The van der Waals surface area contributed by atoms with E-state index < -0.39 is 10.0 Å². The van der Waals surface area contributed by atoms with Gasteiger partial charge in [0.15, 0.2) is 0 Å². The predicted octanol–water partition coefficient (Wildman–Crippen LogP) is 2.72. The van der Waals surface area contributed by atoms with Gasteiger partial charge in [-0.25, -0.2) is 22.8 Å². The molecule has 2 heterocycles. The van der Waals surface area contributed by atoms with Gasteiger partial charge < -0.3 is 0 Å². The van der Waals surface area contributed by atoms with E-state index in [1.807, 2.05) is 13.8 Å². The van der Waals surface area contributed by atoms with Gasteiger partial charge in [-0.05, 0) is 44.2 Å². The first-order valence-corrected chi connectivity index (χ1v) is 11.1. The first-order chi connectivity index (χ1) is 12.8. The molecule has 0 fully saturated rings. The third-order valence-electron chi connectivity index (χ3n) is 3.74. The Labute approximate surface area is 169 Å². The third kappa shape index (κ3) is 4.70. The molecule has 1 aromatic carbocycles. The lowest BCUT2D eigenvalue weighted by Gasteiger charge is -2.09. The molecule has 7 nitrogen and oxygen atoms in total. The fraction of sp³-hybridized carbons (Fsp3) is 0.235. The second-order valence-electron chi connectivity index (χ2n) is 5.78. The van der Waals surface area contributed by atoms with Crippen LogP contribution in [0.5, 0.6) is 0 Å². The van der Waals surface area contributed by atoms with Crippen molar-refractivity contribution in [1.29, 1.82) is 0 Å². The second-order valence-corrected chi connectivity index (χ2v) is 9.66. The zero-order chi connectivity index (χ0) is 19.6. The fourth-order valence-electron chi connectivity index (χ4n) is 2.48. The van der Waals surface area contributed by atoms with Gasteiger partial charge >= 0.3 is 0 Å². The zero-order valence-electron chi connectivity index (χ0n) is 14.6. The van der Waals surface area contributed by atoms with Crippen molar-refractivity contribution in [1.82, 2.24) is 19.5 Å². The van der Waals surface area contributed by atoms with E-state index in [0.29, 0.717) is 5.69 Å². The molecule has 0 aliphatic rings. The molecule has 0 bridgehead atoms. The molecule has 0 atom stereocenters. The van der Waals surface area contributed by atoms with Crippen molar-refractivity contribution in [2.24, 2.45) is 0 Å². The lowest BCUT2D eigenvalue weighted by Crippen LogP contribution is -2.32. The van der Waals surface area contributed by atoms with Gasteiger partial charge in [-0.3, -0.25) is 4.79 Å². The third-order valence-corrected chi connectivity index (χ3v) is 6.84. The fourth-order valence-corrected chi connectivity index (χ4v) is 4.65. The van der Waals surface area contributed by atoms with Crippen LogP contribution in [0.3, 0.4) is 0 Å². The highest BCUT2D eigenvalue weighted by atomic mass is 79.9. The largest absolute Gasteiger partial charge is 0.268 e. The van der Waals surface area contributed by atoms with Crippen LogP contribution in [0, 0.1) is 13.8 Å². The van der Waals surface area contributed by atoms with E-state index in [2.05, 4.69) is 30.7 Å². The molecule has 27 heavy (non-hydrogen) atoms. The summed E-state index contributed by atoms with van der Waals surface area (Å²) in [5.74, 6) is 0. The molecule has 0 aliphatic carbocycles. The number of nitrogens with zero attached hydrogens (tertiary/aromatic N) is 3. The Hall–Kier alpha value is -1.88. The summed E-state index contributed by atoms with van der Waals surface area (Å²) < 4.78 is 29.2. The molecule has 0 aliphatic heterocycles. The minimum atomic E-state index is -3.65. The number of hydrogen-bond acceptors (Lipinski definition) is 6. The van der Waals surface area contributed by atoms with Gasteiger partial charge in [0.2, 0.25) is 10.0 Å². The number of benzene rings is 1. The standard InChI is InChI=1S/C17H17BrN4O3S2/c1-11-17(26-12(2)20-11)15-7-8-16(23)22(21-15)10-9-19-27(24,25)14-5-3-13(18)4-6-14/h3-8,19H,9-10H2,1-2H3. The van der Waals surface area contributed by atoms with Crippen LogP contribution in [0.1, 0.15) is 10.7 Å². The molecule has 0 radical (unpaired) electrons. The van der Waals surface area contributed by atoms with E-state index in [9.17, 15) is 13.2 Å². The maximum atomic E-state index is 12.3. The zero-order valence-corrected chi connectivity index (χ0v) is 17.9. The summed E-state index contributed by atoms with van der Waals surface area (Å²) in [5.41, 5.74) is 1.21. The lowest BCUT2D eigenvalue weighted by molar-refractivity contribution is 0.549. The van der Waals surface area contributed by atoms with Crippen LogP contribution < -0.4 is 10.3 Å². The normalized spacial score (nSPS) is 11.7. The topological polar surface area (TPSA) is 94.0 Å². The van der Waals surface area contributed by atoms with Crippen LogP contribution in [0.25, 0.3) is 10.6 Å². The van der Waals surface area contributed by atoms with Gasteiger partial charge in [-0.15, -0.1) is 11.3 Å². The molecule has 3 rings (SSSR count). The van der Waals surface area contributed by atoms with Gasteiger partial charge in [-0.2, -0.15) is 5.10 Å². The molecule has 3 aromatic rings. The molecule has 0 spiro atoms. The maximum absolute atomic E-state index is 12.3. The van der Waals surface area contributed by atoms with Crippen LogP contribution in [-0.2, 0) is 16.6 Å². The summed E-state index contributed by atoms with van der Waals surface area (Å²) in [6.45, 7) is 3.98. The van der Waals surface area contributed by atoms with Crippen molar-refractivity contribution < 1.29 is 8.42 Å². The van der Waals surface area contributed by atoms with Crippen molar-refractivity contribution in [3.63, 3.8) is 0 Å². The van der Waals surface area contributed by atoms with Crippen LogP contribution in [-0.4, -0.2) is 29.7 Å². The highest BCUT2D eigenvalue weighted by molar-refractivity contribution is 9.10. The van der Waals surface area contributed by atoms with Gasteiger partial charge in [0.05, 0.1) is 27.0 Å². The molecule has 0 amide bonds. The van der Waals surface area contributed by atoms with Gasteiger partial charge in [0, 0.05) is 17.1 Å². The highest BCUT2D eigenvalue weighted by Gasteiger charge is 2.14. The molecular weight excluding hydrogens is 452 g/mol. The number of aryl methyl sites for hydroxylation is 2. The first kappa shape index (κ1) is 19.9. The van der Waals surface area contributed by atoms with E-state index in [1.165, 1.54) is 34.2 Å². The number of sulfonamides is 1. The number of rotatable bonds is 6. The van der Waals surface area contributed by atoms with Gasteiger partial charge in [0.1, 0.15) is 5.69 Å². The Morgan fingerprint density at radius 1 is 1.15 bits per heavy atom. The SMILES string of the molecule is Cc1nc(C)c(-c2ccc(=O)n(CCNS(=O)(=O)c3ccc(Br)cc3)n2)s1. The summed E-state index contributed by atoms with van der Waals surface area (Å²) in [6.07, 6.45) is 0. The number of aromatic nitrogens is 3. The van der Waals surface area contributed by atoms with Gasteiger partial charge in [0.25, 0.3) is 5.56 Å². The summed E-state index contributed by atoms with van der Waals surface area (Å²) in [6, 6.07) is 9.41. The van der Waals surface area contributed by atoms with E-state index in [0.717, 1.165) is 20.1 Å². The molecule has 0 saturated heterocycles. The predicted molar refractivity (Wildman–Crippen MR) is 108 cm³/mol. The molecule has 142 valence electrons. The van der Waals surface area contributed by atoms with Crippen molar-refractivity contribution in [2.75, 3.05) is 6.54 Å². The van der Waals surface area contributed by atoms with Crippen LogP contribution >= 0.6 is 27.3 Å². The van der Waals surface area contributed by atoms with E-state index in [4.69, 9.17) is 0 Å². The smallest absolute Gasteiger partial charge is 0.266 e. The number of thiazole rings is 1. The highest BCUT2D eigenvalue weighted by Crippen LogP contribution is 2.27. The quantitative estimate of drug-likeness (QED) is 0.599. The van der Waals surface area contributed by atoms with E-state index >= 15 is 0 Å². The average molecular weight is 469 g/mol. The summed E-state index contributed by atoms with van der Waals surface area (Å²) in [4.78, 5) is 17.5. The Kier molecular flexibility index (Phi) is 5.89. The second kappa shape index (κ2) is 8.01. The number of hydrogen-bond donors (Lipinski definition) is 1. The molecule has 0 unspecified atom stereocenters. The van der Waals surface area contributed by atoms with Crippen molar-refractivity contribution >= 4 is 37.3 Å². The molecule has 1 N–H and O–H groups in total. The molecular formula is C17H17BrN4O3S2. The van der Waals surface area contributed by atoms with Crippen molar-refractivity contribution in [3.8, 4) is 10.6 Å². The first-order valence-electron chi connectivity index (χ1n) is 8.04. The summed E-state index contributed by atoms with van der Waals surface area (Å²) in [5, 5.41) is 5.27. The number of nitrogens with one attached hydrogen (secondary N) is 1. The Bertz CT molecular complexity index is 1120. The Balaban J connectivity index is 1.74. The van der Waals surface area contributed by atoms with E-state index in [-0.39, 0.29) is 23.5 Å². The summed E-state index contributed by atoms with van der Waals surface area (Å²) in [7, 11) is -3.65. The summed E-state index contributed by atoms with van der Waals surface area (Å²) >= 11 is 4.77. The van der Waals surface area contributed by atoms with E-state index in [1.54, 1.807) is 18.2 Å². The molecule has 10 heteroatoms. The van der Waals surface area contributed by atoms with Crippen LogP contribution in [0.15, 0.2) is 50.6 Å². The monoisotopic (exact) mass is 468 g/mol. The molecule has 0 saturated carbocycles. The van der Waals surface area contributed by atoms with Crippen LogP contribution in [0.4, 0.5) is 0 Å². The lowest BCUT2D eigenvalue weighted by atomic mass is 10.3. The number of halogens is 1. The van der Waals surface area contributed by atoms with Crippen LogP contribution in [0.2, 0.25) is 0 Å². The molecule has 2 aromatic heterocycles. The Morgan fingerprint density at radius 3 is 2.48 bits per heavy atom. The van der Waals surface area contributed by atoms with Crippen molar-refractivity contribution in [3.05, 3.63) is 61.9 Å². The minimum absolute atomic E-state index is 0.0510. The van der Waals surface area contributed by atoms with Gasteiger partial charge in [-0.1, -0.05) is 15.9 Å². The van der Waals surface area contributed by atoms with Crippen molar-refractivity contribution in [2.45, 2.75) is 25.3 Å².